The van der Waals surface area contributed by atoms with Gasteiger partial charge in [-0.2, -0.15) is 0 Å². The lowest BCUT2D eigenvalue weighted by atomic mass is 10.1. The first kappa shape index (κ1) is 18.3. The molecule has 1 heterocycles. The molecule has 0 saturated carbocycles. The largest absolute Gasteiger partial charge is 0.346 e. The quantitative estimate of drug-likeness (QED) is 0.693. The number of benzene rings is 3. The zero-order chi connectivity index (χ0) is 19.7. The van der Waals surface area contributed by atoms with Crippen molar-refractivity contribution in [2.24, 2.45) is 0 Å². The molecule has 0 radical (unpaired) electrons. The van der Waals surface area contributed by atoms with Crippen LogP contribution in [0.4, 0.5) is 5.69 Å². The van der Waals surface area contributed by atoms with E-state index in [1.807, 2.05) is 73.7 Å². The molecule has 0 fully saturated rings. The van der Waals surface area contributed by atoms with E-state index in [-0.39, 0.29) is 17.9 Å². The van der Waals surface area contributed by atoms with Gasteiger partial charge in [0.25, 0.3) is 11.8 Å². The van der Waals surface area contributed by atoms with Crippen molar-refractivity contribution in [2.75, 3.05) is 11.9 Å². The zero-order valence-electron chi connectivity index (χ0n) is 15.7. The van der Waals surface area contributed by atoms with Crippen LogP contribution in [0.15, 0.2) is 82.6 Å². The van der Waals surface area contributed by atoms with Gasteiger partial charge >= 0.3 is 0 Å². The summed E-state index contributed by atoms with van der Waals surface area (Å²) in [5, 5.41) is 3.03. The van der Waals surface area contributed by atoms with Crippen LogP contribution >= 0.6 is 11.8 Å². The van der Waals surface area contributed by atoms with Crippen LogP contribution in [0.2, 0.25) is 0 Å². The molecule has 2 amide bonds. The Labute approximate surface area is 168 Å². The molecule has 1 atom stereocenters. The van der Waals surface area contributed by atoms with Gasteiger partial charge in [-0.05, 0) is 42.8 Å². The average Bonchev–Trinajstić information content (AvgIpc) is 2.83. The van der Waals surface area contributed by atoms with Crippen molar-refractivity contribution < 1.29 is 9.59 Å². The Morgan fingerprint density at radius 1 is 0.964 bits per heavy atom. The Hall–Kier alpha value is -3.05. The second-order valence-electron chi connectivity index (χ2n) is 6.75. The highest BCUT2D eigenvalue weighted by molar-refractivity contribution is 7.99. The number of carbonyl (C=O) groups is 2. The third-order valence-corrected chi connectivity index (χ3v) is 6.01. The van der Waals surface area contributed by atoms with E-state index in [2.05, 4.69) is 5.32 Å². The highest BCUT2D eigenvalue weighted by Gasteiger charge is 2.25. The zero-order valence-corrected chi connectivity index (χ0v) is 16.5. The fourth-order valence-electron chi connectivity index (χ4n) is 3.25. The maximum atomic E-state index is 12.9. The van der Waals surface area contributed by atoms with Crippen molar-refractivity contribution in [3.8, 4) is 0 Å². The molecule has 0 bridgehead atoms. The number of amides is 2. The first-order chi connectivity index (χ1) is 13.5. The topological polar surface area (TPSA) is 49.4 Å². The van der Waals surface area contributed by atoms with Crippen molar-refractivity contribution in [1.82, 2.24) is 5.32 Å². The van der Waals surface area contributed by atoms with Gasteiger partial charge in [-0.15, -0.1) is 0 Å². The van der Waals surface area contributed by atoms with Crippen molar-refractivity contribution in [2.45, 2.75) is 22.8 Å². The summed E-state index contributed by atoms with van der Waals surface area (Å²) in [7, 11) is 1.75. The number of fused-ring (bicyclic) bond motifs is 2. The lowest BCUT2D eigenvalue weighted by Crippen LogP contribution is -2.28. The predicted octanol–water partition coefficient (Wildman–Crippen LogP) is 4.92. The molecule has 3 aromatic rings. The van der Waals surface area contributed by atoms with Gasteiger partial charge in [-0.3, -0.25) is 9.59 Å². The summed E-state index contributed by atoms with van der Waals surface area (Å²) in [6.45, 7) is 1.96. The van der Waals surface area contributed by atoms with Crippen molar-refractivity contribution in [3.63, 3.8) is 0 Å². The number of hydrogen-bond acceptors (Lipinski definition) is 3. The summed E-state index contributed by atoms with van der Waals surface area (Å²) in [5.74, 6) is -0.233. The average molecular weight is 388 g/mol. The van der Waals surface area contributed by atoms with Gasteiger partial charge in [0, 0.05) is 22.4 Å². The maximum absolute atomic E-state index is 12.9. The van der Waals surface area contributed by atoms with Gasteiger partial charge in [0.15, 0.2) is 0 Å². The molecule has 5 heteroatoms. The molecule has 0 unspecified atom stereocenters. The van der Waals surface area contributed by atoms with Gasteiger partial charge in [-0.25, -0.2) is 0 Å². The lowest BCUT2D eigenvalue weighted by Gasteiger charge is -2.19. The third kappa shape index (κ3) is 3.41. The van der Waals surface area contributed by atoms with Gasteiger partial charge in [0.2, 0.25) is 0 Å². The molecule has 0 aromatic heterocycles. The molecule has 0 saturated heterocycles. The molecule has 28 heavy (non-hydrogen) atoms. The monoisotopic (exact) mass is 388 g/mol. The van der Waals surface area contributed by atoms with Crippen LogP contribution in [-0.4, -0.2) is 18.9 Å². The molecule has 140 valence electrons. The summed E-state index contributed by atoms with van der Waals surface area (Å²) >= 11 is 1.55. The Morgan fingerprint density at radius 3 is 2.46 bits per heavy atom. The second kappa shape index (κ2) is 7.52. The Kier molecular flexibility index (Phi) is 4.92. The SMILES string of the molecule is C[C@H](NC(=O)c1ccc2c(c1)N(C)C(=O)c1ccccc1S2)c1ccccc1. The van der Waals surface area contributed by atoms with E-state index in [1.54, 1.807) is 29.8 Å². The molecule has 3 aromatic carbocycles. The highest BCUT2D eigenvalue weighted by Crippen LogP contribution is 2.41. The van der Waals surface area contributed by atoms with Crippen molar-refractivity contribution in [1.29, 1.82) is 0 Å². The third-order valence-electron chi connectivity index (χ3n) is 4.87. The predicted molar refractivity (Wildman–Crippen MR) is 112 cm³/mol. The molecule has 1 aliphatic rings. The Morgan fingerprint density at radius 2 is 1.68 bits per heavy atom. The number of rotatable bonds is 3. The summed E-state index contributed by atoms with van der Waals surface area (Å²) in [6.07, 6.45) is 0. The van der Waals surface area contributed by atoms with Crippen LogP contribution in [0.1, 0.15) is 39.2 Å². The van der Waals surface area contributed by atoms with Crippen LogP contribution in [0.3, 0.4) is 0 Å². The Bertz CT molecular complexity index is 1050. The van der Waals surface area contributed by atoms with Crippen LogP contribution in [0, 0.1) is 0 Å². The van der Waals surface area contributed by atoms with Crippen LogP contribution < -0.4 is 10.2 Å². The van der Waals surface area contributed by atoms with Gasteiger partial charge in [-0.1, -0.05) is 54.2 Å². The van der Waals surface area contributed by atoms with Crippen molar-refractivity contribution >= 4 is 29.3 Å². The first-order valence-electron chi connectivity index (χ1n) is 9.09. The van der Waals surface area contributed by atoms with E-state index in [4.69, 9.17) is 0 Å². The molecule has 1 N–H and O–H groups in total. The molecular weight excluding hydrogens is 368 g/mol. The lowest BCUT2D eigenvalue weighted by molar-refractivity contribution is 0.0937. The summed E-state index contributed by atoms with van der Waals surface area (Å²) in [5.41, 5.74) is 3.00. The fraction of sp³-hybridized carbons (Fsp3) is 0.130. The molecule has 0 aliphatic carbocycles. The molecule has 4 nitrogen and oxygen atoms in total. The van der Waals surface area contributed by atoms with E-state index >= 15 is 0 Å². The Balaban J connectivity index is 1.62. The van der Waals surface area contributed by atoms with Crippen LogP contribution in [-0.2, 0) is 0 Å². The van der Waals surface area contributed by atoms with E-state index in [0.717, 1.165) is 21.0 Å². The summed E-state index contributed by atoms with van der Waals surface area (Å²) in [4.78, 5) is 29.1. The van der Waals surface area contributed by atoms with E-state index in [0.29, 0.717) is 11.1 Å². The maximum Gasteiger partial charge on any atom is 0.259 e. The number of carbonyl (C=O) groups excluding carboxylic acids is 2. The fourth-order valence-corrected chi connectivity index (χ4v) is 4.34. The van der Waals surface area contributed by atoms with Gasteiger partial charge < -0.3 is 10.2 Å². The van der Waals surface area contributed by atoms with Crippen LogP contribution in [0.25, 0.3) is 0 Å². The minimum absolute atomic E-state index is 0.0722. The second-order valence-corrected chi connectivity index (χ2v) is 7.83. The number of nitrogens with zero attached hydrogens (tertiary/aromatic N) is 1. The van der Waals surface area contributed by atoms with Crippen LogP contribution in [0.5, 0.6) is 0 Å². The van der Waals surface area contributed by atoms with E-state index in [9.17, 15) is 9.59 Å². The molecular formula is C23H20N2O2S. The summed E-state index contributed by atoms with van der Waals surface area (Å²) < 4.78 is 0. The minimum Gasteiger partial charge on any atom is -0.346 e. The molecule has 0 spiro atoms. The van der Waals surface area contributed by atoms with Gasteiger partial charge in [0.05, 0.1) is 17.3 Å². The van der Waals surface area contributed by atoms with E-state index in [1.165, 1.54) is 0 Å². The number of anilines is 1. The standard InChI is InChI=1S/C23H20N2O2S/c1-15(16-8-4-3-5-9-16)24-22(26)17-12-13-21-19(14-17)25(2)23(27)18-10-6-7-11-20(18)28-21/h3-15H,1-2H3,(H,24,26)/t15-/m0/s1. The van der Waals surface area contributed by atoms with Crippen molar-refractivity contribution in [3.05, 3.63) is 89.5 Å². The highest BCUT2D eigenvalue weighted by atomic mass is 32.2. The van der Waals surface area contributed by atoms with E-state index < -0.39 is 0 Å². The minimum atomic E-state index is -0.160. The molecule has 4 rings (SSSR count). The molecule has 1 aliphatic heterocycles. The number of hydrogen-bond donors (Lipinski definition) is 1. The summed E-state index contributed by atoms with van der Waals surface area (Å²) in [6, 6.07) is 22.8. The number of nitrogens with one attached hydrogen (secondary N) is 1. The van der Waals surface area contributed by atoms with Gasteiger partial charge in [0.1, 0.15) is 0 Å². The normalized spacial score (nSPS) is 13.9. The smallest absolute Gasteiger partial charge is 0.259 e. The first-order valence-corrected chi connectivity index (χ1v) is 9.91.